The molecule has 0 saturated carbocycles. The number of carbonyl (C=O) groups is 1. The molecule has 0 aliphatic carbocycles. The highest BCUT2D eigenvalue weighted by molar-refractivity contribution is 7.89. The van der Waals surface area contributed by atoms with Gasteiger partial charge in [0, 0.05) is 19.6 Å². The van der Waals surface area contributed by atoms with E-state index in [9.17, 15) is 13.2 Å². The molecule has 0 unspecified atom stereocenters. The summed E-state index contributed by atoms with van der Waals surface area (Å²) in [7, 11) is -3.51. The molecule has 7 heteroatoms. The Labute approximate surface area is 179 Å². The zero-order valence-electron chi connectivity index (χ0n) is 18.0. The maximum atomic E-state index is 12.9. The van der Waals surface area contributed by atoms with E-state index in [1.54, 1.807) is 12.1 Å². The minimum atomic E-state index is -3.51. The largest absolute Gasteiger partial charge is 0.348 e. The summed E-state index contributed by atoms with van der Waals surface area (Å²) in [6, 6.07) is 14.9. The van der Waals surface area contributed by atoms with Gasteiger partial charge in [-0.2, -0.15) is 4.31 Å². The lowest BCUT2D eigenvalue weighted by molar-refractivity contribution is -0.122. The van der Waals surface area contributed by atoms with Crippen LogP contribution in [-0.2, 0) is 14.8 Å². The summed E-state index contributed by atoms with van der Waals surface area (Å²) in [6.07, 6.45) is 0.700. The zero-order chi connectivity index (χ0) is 21.7. The number of nitrogens with zero attached hydrogens (tertiary/aromatic N) is 2. The highest BCUT2D eigenvalue weighted by Crippen LogP contribution is 2.19. The number of benzene rings is 2. The van der Waals surface area contributed by atoms with Gasteiger partial charge in [0.05, 0.1) is 17.5 Å². The van der Waals surface area contributed by atoms with Crippen molar-refractivity contribution in [2.75, 3.05) is 32.7 Å². The predicted molar refractivity (Wildman–Crippen MR) is 119 cm³/mol. The molecule has 0 bridgehead atoms. The average Bonchev–Trinajstić information content (AvgIpc) is 2.94. The Morgan fingerprint density at radius 3 is 2.40 bits per heavy atom. The monoisotopic (exact) mass is 429 g/mol. The fourth-order valence-electron chi connectivity index (χ4n) is 3.85. The van der Waals surface area contributed by atoms with E-state index in [2.05, 4.69) is 5.32 Å². The summed E-state index contributed by atoms with van der Waals surface area (Å²) in [5.41, 5.74) is 3.29. The molecule has 3 rings (SSSR count). The van der Waals surface area contributed by atoms with Crippen molar-refractivity contribution in [3.63, 3.8) is 0 Å². The number of aryl methyl sites for hydroxylation is 2. The van der Waals surface area contributed by atoms with Gasteiger partial charge in [0.15, 0.2) is 0 Å². The normalized spacial score (nSPS) is 17.3. The topological polar surface area (TPSA) is 69.7 Å². The van der Waals surface area contributed by atoms with Crippen LogP contribution in [0.3, 0.4) is 0 Å². The zero-order valence-corrected chi connectivity index (χ0v) is 18.8. The van der Waals surface area contributed by atoms with Crippen molar-refractivity contribution >= 4 is 15.9 Å². The molecule has 30 heavy (non-hydrogen) atoms. The third kappa shape index (κ3) is 5.47. The van der Waals surface area contributed by atoms with E-state index in [1.165, 1.54) is 4.31 Å². The molecule has 0 aromatic heterocycles. The van der Waals surface area contributed by atoms with Gasteiger partial charge in [-0.05, 0) is 57.0 Å². The van der Waals surface area contributed by atoms with Gasteiger partial charge in [0.1, 0.15) is 0 Å². The van der Waals surface area contributed by atoms with Crippen molar-refractivity contribution in [3.8, 4) is 0 Å². The minimum Gasteiger partial charge on any atom is -0.348 e. The second-order valence-corrected chi connectivity index (χ2v) is 9.93. The van der Waals surface area contributed by atoms with Gasteiger partial charge in [0.25, 0.3) is 0 Å². The first-order valence-electron chi connectivity index (χ1n) is 10.4. The molecule has 2 aromatic carbocycles. The molecule has 0 radical (unpaired) electrons. The fourth-order valence-corrected chi connectivity index (χ4v) is 5.32. The molecular formula is C23H31N3O3S. The van der Waals surface area contributed by atoms with Crippen LogP contribution >= 0.6 is 0 Å². The quantitative estimate of drug-likeness (QED) is 0.767. The molecule has 1 N–H and O–H groups in total. The van der Waals surface area contributed by atoms with Crippen LogP contribution in [0, 0.1) is 13.8 Å². The average molecular weight is 430 g/mol. The van der Waals surface area contributed by atoms with E-state index in [-0.39, 0.29) is 18.5 Å². The van der Waals surface area contributed by atoms with Crippen molar-refractivity contribution in [2.45, 2.75) is 38.1 Å². The van der Waals surface area contributed by atoms with E-state index < -0.39 is 10.0 Å². The van der Waals surface area contributed by atoms with Crippen LogP contribution in [0.2, 0.25) is 0 Å². The Balaban J connectivity index is 1.56. The van der Waals surface area contributed by atoms with Crippen LogP contribution in [-0.4, -0.2) is 56.3 Å². The number of rotatable bonds is 6. The van der Waals surface area contributed by atoms with Crippen molar-refractivity contribution in [2.24, 2.45) is 0 Å². The van der Waals surface area contributed by atoms with Crippen molar-refractivity contribution in [1.29, 1.82) is 0 Å². The number of hydrogen-bond donors (Lipinski definition) is 1. The van der Waals surface area contributed by atoms with E-state index in [4.69, 9.17) is 0 Å². The lowest BCUT2D eigenvalue weighted by Gasteiger charge is -2.23. The second kappa shape index (κ2) is 9.73. The summed E-state index contributed by atoms with van der Waals surface area (Å²) in [5.74, 6) is -0.0411. The van der Waals surface area contributed by atoms with E-state index in [0.717, 1.165) is 16.7 Å². The van der Waals surface area contributed by atoms with Crippen LogP contribution in [0.5, 0.6) is 0 Å². The van der Waals surface area contributed by atoms with Crippen LogP contribution < -0.4 is 5.32 Å². The van der Waals surface area contributed by atoms with Gasteiger partial charge in [-0.15, -0.1) is 0 Å². The Kier molecular flexibility index (Phi) is 7.28. The first-order valence-corrected chi connectivity index (χ1v) is 11.9. The number of carbonyl (C=O) groups excluding carboxylic acids is 1. The summed E-state index contributed by atoms with van der Waals surface area (Å²) in [6.45, 7) is 8.32. The molecule has 1 fully saturated rings. The van der Waals surface area contributed by atoms with Crippen LogP contribution in [0.4, 0.5) is 0 Å². The molecule has 1 atom stereocenters. The second-order valence-electron chi connectivity index (χ2n) is 7.99. The summed E-state index contributed by atoms with van der Waals surface area (Å²) >= 11 is 0. The SMILES string of the molecule is Cc1ccc(S(=O)(=O)N2CCCN(CC(=O)N[C@H](C)c3ccccc3C)CC2)cc1. The Hall–Kier alpha value is -2.22. The van der Waals surface area contributed by atoms with Crippen LogP contribution in [0.25, 0.3) is 0 Å². The van der Waals surface area contributed by atoms with Gasteiger partial charge >= 0.3 is 0 Å². The molecule has 1 aliphatic heterocycles. The Morgan fingerprint density at radius 1 is 1.00 bits per heavy atom. The highest BCUT2D eigenvalue weighted by atomic mass is 32.2. The summed E-state index contributed by atoms with van der Waals surface area (Å²) in [5, 5.41) is 3.06. The lowest BCUT2D eigenvalue weighted by Crippen LogP contribution is -2.40. The van der Waals surface area contributed by atoms with Crippen molar-refractivity contribution < 1.29 is 13.2 Å². The third-order valence-electron chi connectivity index (χ3n) is 5.61. The fraction of sp³-hybridized carbons (Fsp3) is 0.435. The van der Waals surface area contributed by atoms with Gasteiger partial charge in [-0.25, -0.2) is 8.42 Å². The number of nitrogens with one attached hydrogen (secondary N) is 1. The Bertz CT molecular complexity index is 973. The van der Waals surface area contributed by atoms with Gasteiger partial charge in [0.2, 0.25) is 15.9 Å². The molecule has 6 nitrogen and oxygen atoms in total. The van der Waals surface area contributed by atoms with Crippen LogP contribution in [0.1, 0.15) is 36.1 Å². The standard InChI is InChI=1S/C23H31N3O3S/c1-18-9-11-21(12-10-18)30(28,29)26-14-6-13-25(15-16-26)17-23(27)24-20(3)22-8-5-4-7-19(22)2/h4-5,7-12,20H,6,13-17H2,1-3H3,(H,24,27)/t20-/m1/s1. The van der Waals surface area contributed by atoms with E-state index >= 15 is 0 Å². The maximum absolute atomic E-state index is 12.9. The van der Waals surface area contributed by atoms with Crippen molar-refractivity contribution in [3.05, 3.63) is 65.2 Å². The molecule has 1 aliphatic rings. The molecule has 162 valence electrons. The van der Waals surface area contributed by atoms with Gasteiger partial charge in [-0.3, -0.25) is 9.69 Å². The van der Waals surface area contributed by atoms with Gasteiger partial charge < -0.3 is 5.32 Å². The number of sulfonamides is 1. The Morgan fingerprint density at radius 2 is 1.70 bits per heavy atom. The highest BCUT2D eigenvalue weighted by Gasteiger charge is 2.27. The number of amides is 1. The molecule has 1 amide bonds. The lowest BCUT2D eigenvalue weighted by atomic mass is 10.0. The summed E-state index contributed by atoms with van der Waals surface area (Å²) in [4.78, 5) is 14.9. The van der Waals surface area contributed by atoms with Gasteiger partial charge in [-0.1, -0.05) is 42.0 Å². The van der Waals surface area contributed by atoms with Crippen LogP contribution in [0.15, 0.2) is 53.4 Å². The predicted octanol–water partition coefficient (Wildman–Crippen LogP) is 2.88. The smallest absolute Gasteiger partial charge is 0.243 e. The molecule has 1 saturated heterocycles. The third-order valence-corrected chi connectivity index (χ3v) is 7.52. The summed E-state index contributed by atoms with van der Waals surface area (Å²) < 4.78 is 27.4. The molecular weight excluding hydrogens is 398 g/mol. The maximum Gasteiger partial charge on any atom is 0.243 e. The molecule has 0 spiro atoms. The number of hydrogen-bond acceptors (Lipinski definition) is 4. The van der Waals surface area contributed by atoms with E-state index in [0.29, 0.717) is 37.5 Å². The molecule has 2 aromatic rings. The first-order chi connectivity index (χ1) is 14.3. The molecule has 1 heterocycles. The van der Waals surface area contributed by atoms with Crippen molar-refractivity contribution in [1.82, 2.24) is 14.5 Å². The van der Waals surface area contributed by atoms with E-state index in [1.807, 2.05) is 62.1 Å². The first kappa shape index (κ1) is 22.5. The minimum absolute atomic E-state index is 0.0411.